The predicted octanol–water partition coefficient (Wildman–Crippen LogP) is 5.23. The first-order chi connectivity index (χ1) is 29.7. The Labute approximate surface area is 359 Å². The average Bonchev–Trinajstić information content (AvgIpc) is 3.75. The summed E-state index contributed by atoms with van der Waals surface area (Å²) in [6.45, 7) is 4.77. The SMILES string of the molecule is CC(C)(C)OC(=O)N[C@H](CCCNC(=O)OCc1ccccc1)C(=O)N[C@@H](Cc1cccc2ccccc12)C(=O)N1CCC[C@@H]1C(=O)NCC(=O)OCc1ccc([N+](=O)[O-])cc1. The van der Waals surface area contributed by atoms with E-state index < -0.39 is 71.1 Å². The fourth-order valence-corrected chi connectivity index (χ4v) is 6.86. The number of alkyl carbamates (subject to hydrolysis) is 2. The van der Waals surface area contributed by atoms with Crippen LogP contribution in [0.15, 0.2) is 97.1 Å². The Hall–Kier alpha value is -7.04. The molecule has 1 fully saturated rings. The number of carbonyl (C=O) groups is 6. The van der Waals surface area contributed by atoms with Crippen LogP contribution in [0.3, 0.4) is 0 Å². The Morgan fingerprint density at radius 1 is 0.790 bits per heavy atom. The van der Waals surface area contributed by atoms with Crippen molar-refractivity contribution >= 4 is 52.3 Å². The van der Waals surface area contributed by atoms with Crippen LogP contribution < -0.4 is 21.3 Å². The summed E-state index contributed by atoms with van der Waals surface area (Å²) in [7, 11) is 0. The number of rotatable bonds is 18. The van der Waals surface area contributed by atoms with Crippen LogP contribution in [0.5, 0.6) is 0 Å². The number of nitro groups is 1. The number of esters is 1. The Morgan fingerprint density at radius 2 is 1.47 bits per heavy atom. The van der Waals surface area contributed by atoms with Gasteiger partial charge in [-0.3, -0.25) is 29.3 Å². The largest absolute Gasteiger partial charge is 0.460 e. The fourth-order valence-electron chi connectivity index (χ4n) is 6.86. The summed E-state index contributed by atoms with van der Waals surface area (Å²) in [6, 6.07) is 24.5. The number of carbonyl (C=O) groups excluding carboxylic acids is 6. The van der Waals surface area contributed by atoms with Gasteiger partial charge in [-0.15, -0.1) is 0 Å². The quantitative estimate of drug-likeness (QED) is 0.0334. The molecule has 4 aromatic carbocycles. The second-order valence-corrected chi connectivity index (χ2v) is 15.7. The third-order valence-corrected chi connectivity index (χ3v) is 9.87. The first kappa shape index (κ1) is 46.0. The first-order valence-electron chi connectivity index (χ1n) is 20.3. The van der Waals surface area contributed by atoms with E-state index in [1.165, 1.54) is 29.2 Å². The van der Waals surface area contributed by atoms with E-state index in [0.29, 0.717) is 18.4 Å². The van der Waals surface area contributed by atoms with Crippen molar-refractivity contribution < 1.29 is 47.9 Å². The van der Waals surface area contributed by atoms with Gasteiger partial charge >= 0.3 is 18.2 Å². The lowest BCUT2D eigenvalue weighted by atomic mass is 9.97. The lowest BCUT2D eigenvalue weighted by molar-refractivity contribution is -0.384. The van der Waals surface area contributed by atoms with E-state index in [9.17, 15) is 38.9 Å². The number of fused-ring (bicyclic) bond motifs is 1. The van der Waals surface area contributed by atoms with Crippen molar-refractivity contribution in [1.82, 2.24) is 26.2 Å². The third-order valence-electron chi connectivity index (χ3n) is 9.87. The molecule has 5 rings (SSSR count). The summed E-state index contributed by atoms with van der Waals surface area (Å²) in [4.78, 5) is 92.0. The highest BCUT2D eigenvalue weighted by Crippen LogP contribution is 2.24. The Balaban J connectivity index is 1.27. The molecule has 0 aliphatic carbocycles. The lowest BCUT2D eigenvalue weighted by Gasteiger charge is -2.30. The van der Waals surface area contributed by atoms with Gasteiger partial charge in [-0.05, 0) is 86.1 Å². The van der Waals surface area contributed by atoms with E-state index in [-0.39, 0.29) is 51.3 Å². The summed E-state index contributed by atoms with van der Waals surface area (Å²) < 4.78 is 16.0. The van der Waals surface area contributed by atoms with Crippen molar-refractivity contribution in [2.24, 2.45) is 0 Å². The number of nitrogens with zero attached hydrogens (tertiary/aromatic N) is 2. The summed E-state index contributed by atoms with van der Waals surface area (Å²) in [5, 5.41) is 23.4. The van der Waals surface area contributed by atoms with Crippen molar-refractivity contribution in [3.8, 4) is 0 Å². The second-order valence-electron chi connectivity index (χ2n) is 15.7. The number of amides is 5. The van der Waals surface area contributed by atoms with Crippen LogP contribution in [-0.4, -0.2) is 89.1 Å². The summed E-state index contributed by atoms with van der Waals surface area (Å²) in [5.74, 6) is -2.56. The minimum atomic E-state index is -1.19. The molecule has 62 heavy (non-hydrogen) atoms. The zero-order chi connectivity index (χ0) is 44.6. The minimum absolute atomic E-state index is 0.0414. The minimum Gasteiger partial charge on any atom is -0.460 e. The normalized spacial score (nSPS) is 14.5. The van der Waals surface area contributed by atoms with Gasteiger partial charge in [0.1, 0.15) is 43.5 Å². The number of benzene rings is 4. The first-order valence-corrected chi connectivity index (χ1v) is 20.3. The van der Waals surface area contributed by atoms with Gasteiger partial charge in [0.25, 0.3) is 5.69 Å². The van der Waals surface area contributed by atoms with Gasteiger partial charge in [-0.1, -0.05) is 72.8 Å². The molecular formula is C45H52N6O11. The van der Waals surface area contributed by atoms with E-state index >= 15 is 0 Å². The standard InChI is InChI=1S/C45H52N6O11/c1-45(2,3)62-44(57)49-36(18-10-24-46-43(56)61-29-30-12-5-4-6-13-30)40(53)48-37(26-33-16-9-15-32-14-7-8-17-35(32)33)42(55)50-25-11-19-38(50)41(54)47-27-39(52)60-28-31-20-22-34(23-21-31)51(58)59/h4-9,12-17,20-23,36-38H,10-11,18-19,24-29H2,1-3H3,(H,46,56)(H,47,54)(H,48,53)(H,49,57)/t36-,37+,38-/m1/s1. The van der Waals surface area contributed by atoms with Crippen molar-refractivity contribution in [1.29, 1.82) is 0 Å². The van der Waals surface area contributed by atoms with Crippen LogP contribution in [0.2, 0.25) is 0 Å². The third kappa shape index (κ3) is 14.0. The van der Waals surface area contributed by atoms with Gasteiger partial charge in [0, 0.05) is 31.6 Å². The molecule has 0 radical (unpaired) electrons. The molecule has 17 nitrogen and oxygen atoms in total. The molecule has 0 saturated carbocycles. The van der Waals surface area contributed by atoms with Crippen LogP contribution in [-0.2, 0) is 53.0 Å². The molecule has 0 unspecified atom stereocenters. The van der Waals surface area contributed by atoms with Crippen LogP contribution in [0.25, 0.3) is 10.8 Å². The van der Waals surface area contributed by atoms with Crippen molar-refractivity contribution in [2.45, 2.75) is 89.8 Å². The molecule has 1 heterocycles. The number of hydrogen-bond donors (Lipinski definition) is 4. The predicted molar refractivity (Wildman–Crippen MR) is 227 cm³/mol. The molecule has 328 valence electrons. The van der Waals surface area contributed by atoms with Crippen LogP contribution in [0, 0.1) is 10.1 Å². The number of non-ortho nitro benzene ring substituents is 1. The molecule has 1 aliphatic rings. The van der Waals surface area contributed by atoms with Crippen molar-refractivity contribution in [3.63, 3.8) is 0 Å². The van der Waals surface area contributed by atoms with Crippen LogP contribution in [0.1, 0.15) is 63.1 Å². The Morgan fingerprint density at radius 3 is 2.19 bits per heavy atom. The summed E-state index contributed by atoms with van der Waals surface area (Å²) in [6.07, 6.45) is -0.401. The van der Waals surface area contributed by atoms with E-state index in [1.54, 1.807) is 20.8 Å². The molecule has 0 bridgehead atoms. The summed E-state index contributed by atoms with van der Waals surface area (Å²) >= 11 is 0. The van der Waals surface area contributed by atoms with Crippen molar-refractivity contribution in [3.05, 3.63) is 124 Å². The average molecular weight is 853 g/mol. The maximum absolute atomic E-state index is 14.6. The zero-order valence-corrected chi connectivity index (χ0v) is 34.9. The fraction of sp³-hybridized carbons (Fsp3) is 0.378. The topological polar surface area (TPSA) is 225 Å². The van der Waals surface area contributed by atoms with Gasteiger partial charge in [0.2, 0.25) is 17.7 Å². The van der Waals surface area contributed by atoms with Gasteiger partial charge in [0.05, 0.1) is 4.92 Å². The maximum Gasteiger partial charge on any atom is 0.408 e. The number of ether oxygens (including phenoxy) is 3. The van der Waals surface area contributed by atoms with Gasteiger partial charge < -0.3 is 40.4 Å². The monoisotopic (exact) mass is 852 g/mol. The van der Waals surface area contributed by atoms with E-state index in [2.05, 4.69) is 21.3 Å². The Kier molecular flexibility index (Phi) is 16.3. The smallest absolute Gasteiger partial charge is 0.408 e. The molecule has 3 atom stereocenters. The van der Waals surface area contributed by atoms with Crippen LogP contribution in [0.4, 0.5) is 15.3 Å². The van der Waals surface area contributed by atoms with E-state index in [1.807, 2.05) is 72.8 Å². The number of nitro benzene ring substituents is 1. The maximum atomic E-state index is 14.6. The van der Waals surface area contributed by atoms with Gasteiger partial charge in [-0.25, -0.2) is 9.59 Å². The van der Waals surface area contributed by atoms with E-state index in [4.69, 9.17) is 14.2 Å². The van der Waals surface area contributed by atoms with Gasteiger partial charge in [-0.2, -0.15) is 0 Å². The molecule has 1 aliphatic heterocycles. The number of hydrogen-bond acceptors (Lipinski definition) is 11. The molecule has 0 spiro atoms. The molecule has 4 N–H and O–H groups in total. The van der Waals surface area contributed by atoms with Crippen molar-refractivity contribution in [2.75, 3.05) is 19.6 Å². The highest BCUT2D eigenvalue weighted by atomic mass is 16.6. The molecule has 0 aromatic heterocycles. The lowest BCUT2D eigenvalue weighted by Crippen LogP contribution is -2.57. The van der Waals surface area contributed by atoms with Crippen LogP contribution >= 0.6 is 0 Å². The van der Waals surface area contributed by atoms with E-state index in [0.717, 1.165) is 21.9 Å². The molecule has 17 heteroatoms. The highest BCUT2D eigenvalue weighted by Gasteiger charge is 2.39. The molecule has 5 amide bonds. The Bertz CT molecular complexity index is 2210. The van der Waals surface area contributed by atoms with Gasteiger partial charge in [0.15, 0.2) is 0 Å². The zero-order valence-electron chi connectivity index (χ0n) is 34.9. The second kappa shape index (κ2) is 22.0. The molecule has 4 aromatic rings. The number of nitrogens with one attached hydrogen (secondary N) is 4. The molecular weight excluding hydrogens is 801 g/mol. The molecule has 1 saturated heterocycles. The number of likely N-dealkylation sites (tertiary alicyclic amines) is 1. The summed E-state index contributed by atoms with van der Waals surface area (Å²) in [5.41, 5.74) is 1.10. The highest BCUT2D eigenvalue weighted by molar-refractivity contribution is 5.95.